The minimum Gasteiger partial charge on any atom is -0.504 e. The molecule has 7 heteroatoms. The maximum Gasteiger partial charge on any atom is 0.180 e. The van der Waals surface area contributed by atoms with Gasteiger partial charge in [-0.2, -0.15) is 5.10 Å². The smallest absolute Gasteiger partial charge is 0.180 e. The fourth-order valence-corrected chi connectivity index (χ4v) is 2.66. The molecule has 0 heterocycles. The van der Waals surface area contributed by atoms with Crippen LogP contribution in [0, 0.1) is 0 Å². The molecular formula is C16H16ClN3O2S. The minimum absolute atomic E-state index is 0.0314. The Morgan fingerprint density at radius 1 is 1.30 bits per heavy atom. The zero-order valence-electron chi connectivity index (χ0n) is 12.4. The van der Waals surface area contributed by atoms with E-state index in [0.717, 1.165) is 11.3 Å². The number of aromatic hydroxyl groups is 1. The van der Waals surface area contributed by atoms with E-state index < -0.39 is 0 Å². The third kappa shape index (κ3) is 4.91. The van der Waals surface area contributed by atoms with Crippen LogP contribution >= 0.6 is 23.4 Å². The molecule has 0 spiro atoms. The van der Waals surface area contributed by atoms with E-state index in [2.05, 4.69) is 10.2 Å². The molecule has 0 unspecified atom stereocenters. The van der Waals surface area contributed by atoms with Crippen molar-refractivity contribution in [2.75, 3.05) is 7.11 Å². The number of phenolic OH excluding ortho intramolecular Hbond substituents is 1. The van der Waals surface area contributed by atoms with Crippen LogP contribution in [0.4, 0.5) is 0 Å². The Kier molecular flexibility index (Phi) is 6.31. The molecule has 0 aromatic heterocycles. The minimum atomic E-state index is -0.0314. The number of hydrogen-bond acceptors (Lipinski definition) is 5. The molecule has 0 aliphatic rings. The van der Waals surface area contributed by atoms with Crippen LogP contribution in [-0.4, -0.2) is 23.6 Å². The standard InChI is InChI=1S/C16H16ClN3O2S/c1-22-15-13(21)8-7-12(14(15)17)9-19-20-16(18)23-10-11-5-3-2-4-6-11/h2-9,21H,10H2,1H3,(H2,18,20). The van der Waals surface area contributed by atoms with Gasteiger partial charge in [-0.1, -0.05) is 53.7 Å². The van der Waals surface area contributed by atoms with Crippen molar-refractivity contribution in [2.24, 2.45) is 15.9 Å². The summed E-state index contributed by atoms with van der Waals surface area (Å²) in [4.78, 5) is 0. The molecule has 0 fully saturated rings. The Morgan fingerprint density at radius 2 is 2.04 bits per heavy atom. The zero-order chi connectivity index (χ0) is 16.7. The van der Waals surface area contributed by atoms with Gasteiger partial charge in [-0.15, -0.1) is 5.10 Å². The van der Waals surface area contributed by atoms with Gasteiger partial charge in [0, 0.05) is 11.3 Å². The summed E-state index contributed by atoms with van der Waals surface area (Å²) < 4.78 is 5.02. The van der Waals surface area contributed by atoms with E-state index in [9.17, 15) is 5.11 Å². The van der Waals surface area contributed by atoms with Gasteiger partial charge in [-0.3, -0.25) is 0 Å². The van der Waals surface area contributed by atoms with Crippen molar-refractivity contribution in [3.8, 4) is 11.5 Å². The number of nitrogens with two attached hydrogens (primary N) is 1. The van der Waals surface area contributed by atoms with Crippen molar-refractivity contribution in [1.29, 1.82) is 0 Å². The highest BCUT2D eigenvalue weighted by Crippen LogP contribution is 2.35. The number of thioether (sulfide) groups is 1. The summed E-state index contributed by atoms with van der Waals surface area (Å²) in [6, 6.07) is 13.0. The van der Waals surface area contributed by atoms with Gasteiger partial charge in [0.25, 0.3) is 0 Å². The van der Waals surface area contributed by atoms with E-state index in [1.807, 2.05) is 30.3 Å². The van der Waals surface area contributed by atoms with Gasteiger partial charge in [-0.05, 0) is 17.7 Å². The van der Waals surface area contributed by atoms with Crippen LogP contribution in [0.15, 0.2) is 52.7 Å². The van der Waals surface area contributed by atoms with Crippen LogP contribution in [0.5, 0.6) is 11.5 Å². The Balaban J connectivity index is 2.00. The predicted octanol–water partition coefficient (Wildman–Crippen LogP) is 3.64. The highest BCUT2D eigenvalue weighted by atomic mass is 35.5. The van der Waals surface area contributed by atoms with E-state index in [1.54, 1.807) is 6.07 Å². The van der Waals surface area contributed by atoms with Gasteiger partial charge in [-0.25, -0.2) is 0 Å². The van der Waals surface area contributed by atoms with Crippen molar-refractivity contribution in [3.05, 3.63) is 58.6 Å². The number of ether oxygens (including phenoxy) is 1. The number of hydrogen-bond donors (Lipinski definition) is 2. The third-order valence-corrected chi connectivity index (χ3v) is 4.14. The van der Waals surface area contributed by atoms with Gasteiger partial charge in [0.2, 0.25) is 0 Å². The molecule has 120 valence electrons. The Labute approximate surface area is 143 Å². The lowest BCUT2D eigenvalue weighted by Gasteiger charge is -2.06. The van der Waals surface area contributed by atoms with Crippen LogP contribution in [0.1, 0.15) is 11.1 Å². The zero-order valence-corrected chi connectivity index (χ0v) is 14.0. The molecule has 2 aromatic rings. The number of rotatable bonds is 5. The van der Waals surface area contributed by atoms with Gasteiger partial charge in [0.15, 0.2) is 16.7 Å². The van der Waals surface area contributed by atoms with Gasteiger partial charge in [0.05, 0.1) is 18.3 Å². The Morgan fingerprint density at radius 3 is 2.74 bits per heavy atom. The van der Waals surface area contributed by atoms with Crippen LogP contribution < -0.4 is 10.5 Å². The second kappa shape index (κ2) is 8.45. The maximum atomic E-state index is 9.60. The SMILES string of the molecule is COc1c(O)ccc(C=NN=C(N)SCc2ccccc2)c1Cl. The average molecular weight is 350 g/mol. The number of benzene rings is 2. The first-order valence-electron chi connectivity index (χ1n) is 6.70. The third-order valence-electron chi connectivity index (χ3n) is 2.89. The van der Waals surface area contributed by atoms with Gasteiger partial charge >= 0.3 is 0 Å². The van der Waals surface area contributed by atoms with E-state index in [1.165, 1.54) is 31.2 Å². The molecule has 3 N–H and O–H groups in total. The summed E-state index contributed by atoms with van der Waals surface area (Å²) in [7, 11) is 1.43. The van der Waals surface area contributed by atoms with Crippen molar-refractivity contribution in [1.82, 2.24) is 0 Å². The first kappa shape index (κ1) is 17.2. The average Bonchev–Trinajstić information content (AvgIpc) is 2.56. The maximum absolute atomic E-state index is 9.60. The number of amidine groups is 1. The number of methoxy groups -OCH3 is 1. The molecule has 0 aliphatic heterocycles. The van der Waals surface area contributed by atoms with E-state index in [-0.39, 0.29) is 16.5 Å². The predicted molar refractivity (Wildman–Crippen MR) is 96.6 cm³/mol. The second-order valence-electron chi connectivity index (χ2n) is 4.48. The lowest BCUT2D eigenvalue weighted by atomic mass is 10.2. The molecule has 0 saturated carbocycles. The molecular weight excluding hydrogens is 334 g/mol. The van der Waals surface area contributed by atoms with E-state index in [4.69, 9.17) is 22.1 Å². The van der Waals surface area contributed by atoms with Gasteiger partial charge in [0.1, 0.15) is 0 Å². The quantitative estimate of drug-likeness (QED) is 0.490. The fourth-order valence-electron chi connectivity index (χ4n) is 1.76. The number of phenols is 1. The highest BCUT2D eigenvalue weighted by Gasteiger charge is 2.10. The van der Waals surface area contributed by atoms with Crippen molar-refractivity contribution >= 4 is 34.7 Å². The molecule has 0 amide bonds. The number of nitrogens with zero attached hydrogens (tertiary/aromatic N) is 2. The van der Waals surface area contributed by atoms with Crippen molar-refractivity contribution in [3.63, 3.8) is 0 Å². The monoisotopic (exact) mass is 349 g/mol. The van der Waals surface area contributed by atoms with Crippen LogP contribution in [0.2, 0.25) is 5.02 Å². The lowest BCUT2D eigenvalue weighted by Crippen LogP contribution is -2.06. The normalized spacial score (nSPS) is 11.8. The largest absolute Gasteiger partial charge is 0.504 e. The summed E-state index contributed by atoms with van der Waals surface area (Å²) in [5.74, 6) is 0.890. The molecule has 23 heavy (non-hydrogen) atoms. The molecule has 0 aliphatic carbocycles. The molecule has 0 bridgehead atoms. The van der Waals surface area contributed by atoms with E-state index >= 15 is 0 Å². The Bertz CT molecular complexity index is 721. The summed E-state index contributed by atoms with van der Waals surface area (Å²) in [6.07, 6.45) is 1.46. The number of halogens is 1. The first-order chi connectivity index (χ1) is 11.1. The second-order valence-corrected chi connectivity index (χ2v) is 5.85. The summed E-state index contributed by atoms with van der Waals surface area (Å²) in [5.41, 5.74) is 7.54. The summed E-state index contributed by atoms with van der Waals surface area (Å²) >= 11 is 7.50. The van der Waals surface area contributed by atoms with Crippen LogP contribution in [0.3, 0.4) is 0 Å². The topological polar surface area (TPSA) is 80.2 Å². The molecule has 0 atom stereocenters. The lowest BCUT2D eigenvalue weighted by molar-refractivity contribution is 0.373. The first-order valence-corrected chi connectivity index (χ1v) is 8.07. The fraction of sp³-hybridized carbons (Fsp3) is 0.125. The summed E-state index contributed by atoms with van der Waals surface area (Å²) in [6.45, 7) is 0. The Hall–Kier alpha value is -2.18. The van der Waals surface area contributed by atoms with Gasteiger partial charge < -0.3 is 15.6 Å². The molecule has 2 aromatic carbocycles. The molecule has 0 saturated heterocycles. The molecule has 5 nitrogen and oxygen atoms in total. The van der Waals surface area contributed by atoms with Crippen LogP contribution in [-0.2, 0) is 5.75 Å². The molecule has 2 rings (SSSR count). The van der Waals surface area contributed by atoms with E-state index in [0.29, 0.717) is 10.7 Å². The van der Waals surface area contributed by atoms with Crippen molar-refractivity contribution in [2.45, 2.75) is 5.75 Å². The highest BCUT2D eigenvalue weighted by molar-refractivity contribution is 8.13. The summed E-state index contributed by atoms with van der Waals surface area (Å²) in [5, 5.41) is 18.1. The van der Waals surface area contributed by atoms with Crippen LogP contribution in [0.25, 0.3) is 0 Å². The van der Waals surface area contributed by atoms with Crippen molar-refractivity contribution < 1.29 is 9.84 Å². The molecule has 0 radical (unpaired) electrons.